The van der Waals surface area contributed by atoms with Gasteiger partial charge in [0.25, 0.3) is 0 Å². The lowest BCUT2D eigenvalue weighted by molar-refractivity contribution is -0.147. The van der Waals surface area contributed by atoms with E-state index in [0.29, 0.717) is 5.69 Å². The fraction of sp³-hybridized carbons (Fsp3) is 0.385. The molecular formula is C13H17BrN2O4. The fourth-order valence-electron chi connectivity index (χ4n) is 1.65. The molecule has 0 bridgehead atoms. The fourth-order valence-corrected chi connectivity index (χ4v) is 1.88. The first-order chi connectivity index (χ1) is 9.35. The molecule has 3 N–H and O–H groups in total. The molecule has 0 saturated carbocycles. The predicted molar refractivity (Wildman–Crippen MR) is 79.1 cm³/mol. The maximum absolute atomic E-state index is 11.7. The molecule has 20 heavy (non-hydrogen) atoms. The molecule has 1 rings (SSSR count). The molecule has 0 radical (unpaired) electrons. The molecule has 0 aliphatic carbocycles. The number of methoxy groups -OCH3 is 1. The van der Waals surface area contributed by atoms with Gasteiger partial charge in [-0.3, -0.25) is 0 Å². The van der Waals surface area contributed by atoms with Gasteiger partial charge in [-0.2, -0.15) is 0 Å². The third-order valence-electron chi connectivity index (χ3n) is 2.70. The van der Waals surface area contributed by atoms with Gasteiger partial charge in [0, 0.05) is 17.3 Å². The van der Waals surface area contributed by atoms with Crippen molar-refractivity contribution in [3.05, 3.63) is 27.7 Å². The van der Waals surface area contributed by atoms with Crippen LogP contribution in [0.1, 0.15) is 11.1 Å². The van der Waals surface area contributed by atoms with Gasteiger partial charge in [0.05, 0.1) is 6.54 Å². The highest BCUT2D eigenvalue weighted by atomic mass is 79.9. The van der Waals surface area contributed by atoms with Crippen LogP contribution >= 0.6 is 15.9 Å². The van der Waals surface area contributed by atoms with Gasteiger partial charge in [0.15, 0.2) is 6.10 Å². The van der Waals surface area contributed by atoms with E-state index < -0.39 is 18.1 Å². The number of aryl methyl sites for hydroxylation is 2. The van der Waals surface area contributed by atoms with Crippen LogP contribution < -0.4 is 10.6 Å². The van der Waals surface area contributed by atoms with Gasteiger partial charge >= 0.3 is 12.0 Å². The molecule has 1 aromatic carbocycles. The summed E-state index contributed by atoms with van der Waals surface area (Å²) in [7, 11) is 1.28. The minimum absolute atomic E-state index is 0.105. The second-order valence-electron chi connectivity index (χ2n) is 4.32. The Balaban J connectivity index is 2.61. The third kappa shape index (κ3) is 4.50. The number of halogens is 1. The van der Waals surface area contributed by atoms with Gasteiger partial charge in [0.1, 0.15) is 0 Å². The second kappa shape index (κ2) is 7.25. The predicted octanol–water partition coefficient (Wildman–Crippen LogP) is 2.29. The largest absolute Gasteiger partial charge is 0.479 e. The van der Waals surface area contributed by atoms with Crippen LogP contribution in [0.3, 0.4) is 0 Å². The highest BCUT2D eigenvalue weighted by Gasteiger charge is 2.17. The molecule has 6 nitrogen and oxygen atoms in total. The molecule has 7 heteroatoms. The van der Waals surface area contributed by atoms with E-state index >= 15 is 0 Å². The number of aliphatic carboxylic acids is 1. The summed E-state index contributed by atoms with van der Waals surface area (Å²) in [4.78, 5) is 22.4. The van der Waals surface area contributed by atoms with Crippen molar-refractivity contribution in [2.24, 2.45) is 0 Å². The lowest BCUT2D eigenvalue weighted by Crippen LogP contribution is -2.39. The molecular weight excluding hydrogens is 328 g/mol. The number of rotatable bonds is 5. The van der Waals surface area contributed by atoms with Crippen molar-refractivity contribution < 1.29 is 19.4 Å². The molecule has 0 fully saturated rings. The minimum atomic E-state index is -1.12. The van der Waals surface area contributed by atoms with Crippen LogP contribution in [0.15, 0.2) is 16.6 Å². The average Bonchev–Trinajstić information content (AvgIpc) is 2.36. The zero-order valence-electron chi connectivity index (χ0n) is 11.5. The number of hydrogen-bond donors (Lipinski definition) is 3. The molecule has 0 saturated heterocycles. The number of carboxylic acid groups (broad SMARTS) is 1. The summed E-state index contributed by atoms with van der Waals surface area (Å²) < 4.78 is 5.71. The summed E-state index contributed by atoms with van der Waals surface area (Å²) in [6.45, 7) is 3.74. The van der Waals surface area contributed by atoms with E-state index in [1.165, 1.54) is 7.11 Å². The maximum Gasteiger partial charge on any atom is 0.334 e. The standard InChI is InChI=1S/C13H17BrN2O4/c1-7-4-9(5-8(2)11(7)14)16-13(19)15-6-10(20-3)12(17)18/h4-5,10H,6H2,1-3H3,(H,17,18)(H2,15,16,19). The molecule has 0 aromatic heterocycles. The molecule has 0 aliphatic heterocycles. The van der Waals surface area contributed by atoms with Crippen molar-refractivity contribution in [1.82, 2.24) is 5.32 Å². The van der Waals surface area contributed by atoms with Crippen molar-refractivity contribution in [2.75, 3.05) is 19.0 Å². The second-order valence-corrected chi connectivity index (χ2v) is 5.11. The van der Waals surface area contributed by atoms with Gasteiger partial charge in [-0.25, -0.2) is 9.59 Å². The van der Waals surface area contributed by atoms with Gasteiger partial charge in [-0.1, -0.05) is 15.9 Å². The van der Waals surface area contributed by atoms with Crippen LogP contribution in [0, 0.1) is 13.8 Å². The van der Waals surface area contributed by atoms with E-state index in [1.807, 2.05) is 26.0 Å². The highest BCUT2D eigenvalue weighted by molar-refractivity contribution is 9.10. The average molecular weight is 345 g/mol. The van der Waals surface area contributed by atoms with Crippen molar-refractivity contribution >= 4 is 33.6 Å². The van der Waals surface area contributed by atoms with E-state index in [-0.39, 0.29) is 6.54 Å². The van der Waals surface area contributed by atoms with E-state index in [0.717, 1.165) is 15.6 Å². The van der Waals surface area contributed by atoms with Crippen LogP contribution in [0.4, 0.5) is 10.5 Å². The summed E-state index contributed by atoms with van der Waals surface area (Å²) in [6.07, 6.45) is -1.06. The number of amides is 2. The first-order valence-corrected chi connectivity index (χ1v) is 6.71. The zero-order valence-corrected chi connectivity index (χ0v) is 13.1. The topological polar surface area (TPSA) is 87.7 Å². The Morgan fingerprint density at radius 1 is 1.35 bits per heavy atom. The summed E-state index contributed by atoms with van der Waals surface area (Å²) in [5.41, 5.74) is 2.64. The number of hydrogen-bond acceptors (Lipinski definition) is 3. The lowest BCUT2D eigenvalue weighted by atomic mass is 10.1. The van der Waals surface area contributed by atoms with Crippen molar-refractivity contribution in [2.45, 2.75) is 20.0 Å². The van der Waals surface area contributed by atoms with Gasteiger partial charge in [0.2, 0.25) is 0 Å². The van der Waals surface area contributed by atoms with Crippen LogP contribution in [-0.2, 0) is 9.53 Å². The Morgan fingerprint density at radius 3 is 2.35 bits per heavy atom. The van der Waals surface area contributed by atoms with E-state index in [1.54, 1.807) is 0 Å². The van der Waals surface area contributed by atoms with Gasteiger partial charge < -0.3 is 20.5 Å². The summed E-state index contributed by atoms with van der Waals surface area (Å²) in [6, 6.07) is 3.16. The van der Waals surface area contributed by atoms with Crippen LogP contribution in [0.25, 0.3) is 0 Å². The first kappa shape index (κ1) is 16.5. The summed E-state index contributed by atoms with van der Waals surface area (Å²) >= 11 is 3.44. The number of nitrogens with one attached hydrogen (secondary N) is 2. The zero-order chi connectivity index (χ0) is 15.3. The number of anilines is 1. The molecule has 2 amide bonds. The summed E-state index contributed by atoms with van der Waals surface area (Å²) in [5, 5.41) is 13.9. The molecule has 0 spiro atoms. The monoisotopic (exact) mass is 344 g/mol. The van der Waals surface area contributed by atoms with Gasteiger partial charge in [-0.05, 0) is 37.1 Å². The normalized spacial score (nSPS) is 11.8. The number of carboxylic acids is 1. The Labute approximate surface area is 125 Å². The molecule has 1 aromatic rings. The van der Waals surface area contributed by atoms with Crippen molar-refractivity contribution in [3.8, 4) is 0 Å². The number of ether oxygens (including phenoxy) is 1. The minimum Gasteiger partial charge on any atom is -0.479 e. The molecule has 0 heterocycles. The Morgan fingerprint density at radius 2 is 1.90 bits per heavy atom. The number of carbonyl (C=O) groups excluding carboxylic acids is 1. The highest BCUT2D eigenvalue weighted by Crippen LogP contribution is 2.24. The third-order valence-corrected chi connectivity index (χ3v) is 3.95. The van der Waals surface area contributed by atoms with Crippen LogP contribution in [-0.4, -0.2) is 36.9 Å². The Hall–Kier alpha value is -1.60. The number of carbonyl (C=O) groups is 2. The summed E-state index contributed by atoms with van der Waals surface area (Å²) in [5.74, 6) is -1.12. The number of urea groups is 1. The lowest BCUT2D eigenvalue weighted by Gasteiger charge is -2.13. The molecule has 1 atom stereocenters. The maximum atomic E-state index is 11.7. The Kier molecular flexibility index (Phi) is 5.97. The molecule has 110 valence electrons. The van der Waals surface area contributed by atoms with Crippen LogP contribution in [0.2, 0.25) is 0 Å². The van der Waals surface area contributed by atoms with Crippen molar-refractivity contribution in [1.29, 1.82) is 0 Å². The van der Waals surface area contributed by atoms with Crippen LogP contribution in [0.5, 0.6) is 0 Å². The van der Waals surface area contributed by atoms with E-state index in [9.17, 15) is 9.59 Å². The van der Waals surface area contributed by atoms with Crippen molar-refractivity contribution in [3.63, 3.8) is 0 Å². The van der Waals surface area contributed by atoms with Gasteiger partial charge in [-0.15, -0.1) is 0 Å². The molecule has 1 unspecified atom stereocenters. The molecule has 0 aliphatic rings. The SMILES string of the molecule is COC(CNC(=O)Nc1cc(C)c(Br)c(C)c1)C(=O)O. The Bertz CT molecular complexity index is 496. The first-order valence-electron chi connectivity index (χ1n) is 5.92. The smallest absolute Gasteiger partial charge is 0.334 e. The number of benzene rings is 1. The van der Waals surface area contributed by atoms with E-state index in [2.05, 4.69) is 26.6 Å². The quantitative estimate of drug-likeness (QED) is 0.764. The van der Waals surface area contributed by atoms with E-state index in [4.69, 9.17) is 9.84 Å².